The van der Waals surface area contributed by atoms with E-state index in [1.165, 1.54) is 16.5 Å². The Bertz CT molecular complexity index is 1210. The second-order valence-electron chi connectivity index (χ2n) is 8.41. The summed E-state index contributed by atoms with van der Waals surface area (Å²) in [4.78, 5) is 42.4. The molecule has 3 heterocycles. The molecule has 0 radical (unpaired) electrons. The van der Waals surface area contributed by atoms with Crippen molar-refractivity contribution in [3.05, 3.63) is 69.7 Å². The van der Waals surface area contributed by atoms with E-state index in [-0.39, 0.29) is 18.0 Å². The molecule has 1 aliphatic rings. The first-order valence-electron chi connectivity index (χ1n) is 11.0. The molecule has 1 amide bonds. The Kier molecular flexibility index (Phi) is 6.39. The van der Waals surface area contributed by atoms with E-state index in [1.807, 2.05) is 25.1 Å². The number of benzene rings is 1. The number of anilines is 3. The van der Waals surface area contributed by atoms with E-state index < -0.39 is 0 Å². The second-order valence-corrected chi connectivity index (χ2v) is 8.41. The van der Waals surface area contributed by atoms with Gasteiger partial charge in [-0.2, -0.15) is 0 Å². The minimum Gasteiger partial charge on any atom is -0.353 e. The minimum absolute atomic E-state index is 0.00415. The zero-order chi connectivity index (χ0) is 23.5. The van der Waals surface area contributed by atoms with Crippen LogP contribution in [0.15, 0.2) is 41.5 Å². The number of nitrogens with one attached hydrogen (secondary N) is 1. The number of aromatic nitrogens is 4. The van der Waals surface area contributed by atoms with E-state index in [0.717, 1.165) is 17.3 Å². The fourth-order valence-electron chi connectivity index (χ4n) is 3.78. The van der Waals surface area contributed by atoms with Crippen molar-refractivity contribution in [2.75, 3.05) is 36.4 Å². The average molecular weight is 448 g/mol. The number of hydrogen-bond acceptors (Lipinski definition) is 7. The van der Waals surface area contributed by atoms with E-state index in [9.17, 15) is 9.59 Å². The molecular formula is C24H29N7O2. The van der Waals surface area contributed by atoms with Crippen LogP contribution in [0.1, 0.15) is 22.6 Å². The fourth-order valence-corrected chi connectivity index (χ4v) is 3.78. The Balaban J connectivity index is 1.40. The predicted octanol–water partition coefficient (Wildman–Crippen LogP) is 2.36. The van der Waals surface area contributed by atoms with Crippen molar-refractivity contribution < 1.29 is 4.79 Å². The summed E-state index contributed by atoms with van der Waals surface area (Å²) in [5.74, 6) is 2.17. The molecule has 0 saturated carbocycles. The monoisotopic (exact) mass is 447 g/mol. The predicted molar refractivity (Wildman–Crippen MR) is 128 cm³/mol. The number of piperazine rings is 1. The van der Waals surface area contributed by atoms with Crippen LogP contribution in [0.2, 0.25) is 0 Å². The van der Waals surface area contributed by atoms with Crippen LogP contribution in [0.25, 0.3) is 0 Å². The second kappa shape index (κ2) is 9.40. The normalized spacial score (nSPS) is 13.8. The van der Waals surface area contributed by atoms with Gasteiger partial charge < -0.3 is 15.1 Å². The summed E-state index contributed by atoms with van der Waals surface area (Å²) >= 11 is 0. The number of carbonyl (C=O) groups is 1. The smallest absolute Gasteiger partial charge is 0.256 e. The Morgan fingerprint density at radius 3 is 2.39 bits per heavy atom. The van der Waals surface area contributed by atoms with Crippen LogP contribution in [-0.2, 0) is 11.3 Å². The number of aryl methyl sites for hydroxylation is 3. The van der Waals surface area contributed by atoms with Crippen molar-refractivity contribution in [3.63, 3.8) is 0 Å². The number of hydrogen-bond donors (Lipinski definition) is 1. The summed E-state index contributed by atoms with van der Waals surface area (Å²) in [5, 5.41) is 3.34. The lowest BCUT2D eigenvalue weighted by atomic mass is 10.2. The Hall–Kier alpha value is -3.75. The van der Waals surface area contributed by atoms with Gasteiger partial charge in [0.1, 0.15) is 24.0 Å². The van der Waals surface area contributed by atoms with Crippen LogP contribution in [0.3, 0.4) is 0 Å². The largest absolute Gasteiger partial charge is 0.353 e. The highest BCUT2D eigenvalue weighted by molar-refractivity contribution is 5.76. The molecule has 1 aliphatic heterocycles. The molecule has 9 heteroatoms. The molecule has 0 aliphatic carbocycles. The highest BCUT2D eigenvalue weighted by Gasteiger charge is 2.23. The van der Waals surface area contributed by atoms with Crippen molar-refractivity contribution in [2.24, 2.45) is 0 Å². The standard InChI is InChI=1S/C24H29N7O2/c1-16-5-7-20(8-6-16)28-21-13-22(27-19(4)26-21)29-9-11-30(12-10-29)23(32)14-31-15-25-18(3)17(2)24(31)33/h5-8,13,15H,9-12,14H2,1-4H3,(H,26,27,28). The maximum absolute atomic E-state index is 12.8. The summed E-state index contributed by atoms with van der Waals surface area (Å²) in [5.41, 5.74) is 3.26. The summed E-state index contributed by atoms with van der Waals surface area (Å²) in [6, 6.07) is 10.1. The van der Waals surface area contributed by atoms with E-state index in [1.54, 1.807) is 18.7 Å². The molecule has 1 N–H and O–H groups in total. The topological polar surface area (TPSA) is 96.2 Å². The molecule has 0 spiro atoms. The molecule has 2 aromatic heterocycles. The first kappa shape index (κ1) is 22.4. The molecule has 1 aromatic carbocycles. The highest BCUT2D eigenvalue weighted by atomic mass is 16.2. The SMILES string of the molecule is Cc1ccc(Nc2cc(N3CCN(C(=O)Cn4cnc(C)c(C)c4=O)CC3)nc(C)n2)cc1. The summed E-state index contributed by atoms with van der Waals surface area (Å²) in [6.45, 7) is 9.90. The molecule has 172 valence electrons. The third-order valence-electron chi connectivity index (χ3n) is 5.93. The van der Waals surface area contributed by atoms with Crippen LogP contribution in [0, 0.1) is 27.7 Å². The molecular weight excluding hydrogens is 418 g/mol. The van der Waals surface area contributed by atoms with Gasteiger partial charge in [-0.05, 0) is 39.8 Å². The van der Waals surface area contributed by atoms with Gasteiger partial charge in [-0.25, -0.2) is 15.0 Å². The van der Waals surface area contributed by atoms with Crippen molar-refractivity contribution in [3.8, 4) is 0 Å². The van der Waals surface area contributed by atoms with Crippen molar-refractivity contribution in [1.82, 2.24) is 24.4 Å². The van der Waals surface area contributed by atoms with E-state index in [2.05, 4.69) is 44.2 Å². The van der Waals surface area contributed by atoms with Crippen molar-refractivity contribution in [2.45, 2.75) is 34.2 Å². The highest BCUT2D eigenvalue weighted by Crippen LogP contribution is 2.21. The van der Waals surface area contributed by atoms with Gasteiger partial charge in [0.25, 0.3) is 5.56 Å². The molecule has 0 bridgehead atoms. The quantitative estimate of drug-likeness (QED) is 0.641. The fraction of sp³-hybridized carbons (Fsp3) is 0.375. The number of amides is 1. The molecule has 33 heavy (non-hydrogen) atoms. The van der Waals surface area contributed by atoms with Crippen molar-refractivity contribution >= 4 is 23.2 Å². The average Bonchev–Trinajstić information content (AvgIpc) is 2.80. The van der Waals surface area contributed by atoms with Crippen LogP contribution in [-0.4, -0.2) is 56.5 Å². The lowest BCUT2D eigenvalue weighted by Crippen LogP contribution is -2.50. The first-order chi connectivity index (χ1) is 15.8. The molecule has 0 unspecified atom stereocenters. The van der Waals surface area contributed by atoms with Crippen LogP contribution >= 0.6 is 0 Å². The maximum Gasteiger partial charge on any atom is 0.256 e. The van der Waals surface area contributed by atoms with Gasteiger partial charge in [0.2, 0.25) is 5.91 Å². The first-order valence-corrected chi connectivity index (χ1v) is 11.0. The molecule has 0 atom stereocenters. The third-order valence-corrected chi connectivity index (χ3v) is 5.93. The van der Waals surface area contributed by atoms with Gasteiger partial charge in [-0.3, -0.25) is 14.2 Å². The molecule has 1 saturated heterocycles. The van der Waals surface area contributed by atoms with Gasteiger partial charge in [0.15, 0.2) is 0 Å². The van der Waals surface area contributed by atoms with Gasteiger partial charge in [-0.1, -0.05) is 17.7 Å². The van der Waals surface area contributed by atoms with Crippen LogP contribution in [0.5, 0.6) is 0 Å². The summed E-state index contributed by atoms with van der Waals surface area (Å²) in [7, 11) is 0. The van der Waals surface area contributed by atoms with Crippen LogP contribution in [0.4, 0.5) is 17.3 Å². The zero-order valence-electron chi connectivity index (χ0n) is 19.5. The van der Waals surface area contributed by atoms with Gasteiger partial charge in [0.05, 0.1) is 6.33 Å². The summed E-state index contributed by atoms with van der Waals surface area (Å²) < 4.78 is 1.38. The molecule has 3 aromatic rings. The number of nitrogens with zero attached hydrogens (tertiary/aromatic N) is 6. The Morgan fingerprint density at radius 2 is 1.70 bits per heavy atom. The van der Waals surface area contributed by atoms with Crippen LogP contribution < -0.4 is 15.8 Å². The lowest BCUT2D eigenvalue weighted by molar-refractivity contribution is -0.132. The molecule has 1 fully saturated rings. The molecule has 9 nitrogen and oxygen atoms in total. The van der Waals surface area contributed by atoms with Crippen molar-refractivity contribution in [1.29, 1.82) is 0 Å². The number of carbonyl (C=O) groups excluding carboxylic acids is 1. The van der Waals surface area contributed by atoms with Gasteiger partial charge in [-0.15, -0.1) is 0 Å². The third kappa shape index (κ3) is 5.19. The van der Waals surface area contributed by atoms with Gasteiger partial charge in [0, 0.05) is 49.2 Å². The lowest BCUT2D eigenvalue weighted by Gasteiger charge is -2.35. The van der Waals surface area contributed by atoms with E-state index in [4.69, 9.17) is 0 Å². The van der Waals surface area contributed by atoms with Gasteiger partial charge >= 0.3 is 0 Å². The maximum atomic E-state index is 12.8. The molecule has 4 rings (SSSR count). The van der Waals surface area contributed by atoms with E-state index in [0.29, 0.717) is 43.3 Å². The van der Waals surface area contributed by atoms with E-state index >= 15 is 0 Å². The Morgan fingerprint density at radius 1 is 1.00 bits per heavy atom. The number of rotatable bonds is 5. The zero-order valence-corrected chi connectivity index (χ0v) is 19.5. The summed E-state index contributed by atoms with van der Waals surface area (Å²) in [6.07, 6.45) is 1.45. The Labute approximate surface area is 193 Å². The minimum atomic E-state index is -0.167.